The average Bonchev–Trinajstić information content (AvgIpc) is 3.07. The highest BCUT2D eigenvalue weighted by Crippen LogP contribution is 2.28. The molecule has 1 N–H and O–H groups in total. The summed E-state index contributed by atoms with van der Waals surface area (Å²) >= 11 is 1.34. The van der Waals surface area contributed by atoms with Crippen LogP contribution >= 0.6 is 11.3 Å². The van der Waals surface area contributed by atoms with Gasteiger partial charge in [0.1, 0.15) is 5.82 Å². The van der Waals surface area contributed by atoms with E-state index >= 15 is 0 Å². The SMILES string of the molecule is Cc1ccccc1/C=N\NC(=O)c1ccc(-c2ccc(F)cc2)s1. The zero-order chi connectivity index (χ0) is 16.9. The van der Waals surface area contributed by atoms with Crippen LogP contribution in [0.2, 0.25) is 0 Å². The second-order valence-corrected chi connectivity index (χ2v) is 6.31. The van der Waals surface area contributed by atoms with Gasteiger partial charge in [-0.25, -0.2) is 9.82 Å². The van der Waals surface area contributed by atoms with Crippen molar-refractivity contribution in [1.29, 1.82) is 0 Å². The van der Waals surface area contributed by atoms with E-state index in [1.807, 2.05) is 37.3 Å². The number of nitrogens with zero attached hydrogens (tertiary/aromatic N) is 1. The molecule has 0 saturated carbocycles. The molecule has 1 amide bonds. The summed E-state index contributed by atoms with van der Waals surface area (Å²) in [4.78, 5) is 13.6. The smallest absolute Gasteiger partial charge is 0.266 e. The molecule has 3 rings (SSSR count). The van der Waals surface area contributed by atoms with Crippen molar-refractivity contribution in [1.82, 2.24) is 5.43 Å². The second-order valence-electron chi connectivity index (χ2n) is 5.23. The number of hydrazone groups is 1. The Morgan fingerprint density at radius 3 is 2.58 bits per heavy atom. The van der Waals surface area contributed by atoms with Crippen LogP contribution in [0.25, 0.3) is 10.4 Å². The average molecular weight is 338 g/mol. The maximum Gasteiger partial charge on any atom is 0.281 e. The molecule has 0 aliphatic heterocycles. The lowest BCUT2D eigenvalue weighted by molar-refractivity contribution is 0.0959. The molecule has 5 heteroatoms. The van der Waals surface area contributed by atoms with E-state index in [1.165, 1.54) is 23.5 Å². The van der Waals surface area contributed by atoms with Crippen molar-refractivity contribution in [2.24, 2.45) is 5.10 Å². The molecule has 0 spiro atoms. The fraction of sp³-hybridized carbons (Fsp3) is 0.0526. The lowest BCUT2D eigenvalue weighted by Gasteiger charge is -1.99. The lowest BCUT2D eigenvalue weighted by atomic mass is 10.1. The van der Waals surface area contributed by atoms with Crippen molar-refractivity contribution in [2.45, 2.75) is 6.92 Å². The highest BCUT2D eigenvalue weighted by molar-refractivity contribution is 7.17. The topological polar surface area (TPSA) is 41.5 Å². The van der Waals surface area contributed by atoms with E-state index in [-0.39, 0.29) is 11.7 Å². The summed E-state index contributed by atoms with van der Waals surface area (Å²) in [6.07, 6.45) is 1.63. The monoisotopic (exact) mass is 338 g/mol. The Hall–Kier alpha value is -2.79. The third kappa shape index (κ3) is 3.75. The van der Waals surface area contributed by atoms with E-state index in [4.69, 9.17) is 0 Å². The van der Waals surface area contributed by atoms with Gasteiger partial charge in [-0.15, -0.1) is 11.3 Å². The van der Waals surface area contributed by atoms with Gasteiger partial charge in [-0.3, -0.25) is 4.79 Å². The summed E-state index contributed by atoms with van der Waals surface area (Å²) in [5.74, 6) is -0.544. The highest BCUT2D eigenvalue weighted by Gasteiger charge is 2.09. The van der Waals surface area contributed by atoms with Gasteiger partial charge < -0.3 is 0 Å². The third-order valence-corrected chi connectivity index (χ3v) is 4.65. The number of aryl methyl sites for hydroxylation is 1. The minimum atomic E-state index is -0.279. The standard InChI is InChI=1S/C19H15FN2OS/c1-13-4-2-3-5-15(13)12-21-22-19(23)18-11-10-17(24-18)14-6-8-16(20)9-7-14/h2-12H,1H3,(H,22,23)/b21-12-. The minimum absolute atomic E-state index is 0.266. The van der Waals surface area contributed by atoms with Gasteiger partial charge in [-0.05, 0) is 47.9 Å². The zero-order valence-corrected chi connectivity index (χ0v) is 13.8. The molecular weight excluding hydrogens is 323 g/mol. The van der Waals surface area contributed by atoms with E-state index in [2.05, 4.69) is 10.5 Å². The van der Waals surface area contributed by atoms with Gasteiger partial charge in [0.15, 0.2) is 0 Å². The lowest BCUT2D eigenvalue weighted by Crippen LogP contribution is -2.16. The largest absolute Gasteiger partial charge is 0.281 e. The molecule has 0 saturated heterocycles. The van der Waals surface area contributed by atoms with Crippen LogP contribution in [0.4, 0.5) is 4.39 Å². The summed E-state index contributed by atoms with van der Waals surface area (Å²) in [7, 11) is 0. The Balaban J connectivity index is 1.68. The molecule has 1 aromatic heterocycles. The fourth-order valence-corrected chi connectivity index (χ4v) is 3.08. The van der Waals surface area contributed by atoms with Gasteiger partial charge in [-0.2, -0.15) is 5.10 Å². The Morgan fingerprint density at radius 1 is 1.08 bits per heavy atom. The molecule has 0 aliphatic carbocycles. The molecule has 0 atom stereocenters. The van der Waals surface area contributed by atoms with Crippen molar-refractivity contribution in [2.75, 3.05) is 0 Å². The van der Waals surface area contributed by atoms with Crippen LogP contribution < -0.4 is 5.43 Å². The molecule has 0 bridgehead atoms. The number of nitrogens with one attached hydrogen (secondary N) is 1. The van der Waals surface area contributed by atoms with Gasteiger partial charge in [-0.1, -0.05) is 36.4 Å². The van der Waals surface area contributed by atoms with Crippen molar-refractivity contribution < 1.29 is 9.18 Å². The van der Waals surface area contributed by atoms with Crippen molar-refractivity contribution in [3.8, 4) is 10.4 Å². The first-order valence-electron chi connectivity index (χ1n) is 7.38. The van der Waals surface area contributed by atoms with E-state index in [9.17, 15) is 9.18 Å². The summed E-state index contributed by atoms with van der Waals surface area (Å²) < 4.78 is 13.0. The predicted molar refractivity (Wildman–Crippen MR) is 96.0 cm³/mol. The first-order chi connectivity index (χ1) is 11.6. The highest BCUT2D eigenvalue weighted by atomic mass is 32.1. The van der Waals surface area contributed by atoms with E-state index < -0.39 is 0 Å². The Kier molecular flexibility index (Phi) is 4.82. The van der Waals surface area contributed by atoms with Crippen molar-refractivity contribution >= 4 is 23.5 Å². The fourth-order valence-electron chi connectivity index (χ4n) is 2.18. The molecule has 24 heavy (non-hydrogen) atoms. The van der Waals surface area contributed by atoms with Crippen LogP contribution in [0, 0.1) is 12.7 Å². The van der Waals surface area contributed by atoms with Gasteiger partial charge >= 0.3 is 0 Å². The van der Waals surface area contributed by atoms with Gasteiger partial charge in [0.05, 0.1) is 11.1 Å². The third-order valence-electron chi connectivity index (χ3n) is 3.52. The molecule has 2 aromatic carbocycles. The number of halogens is 1. The van der Waals surface area contributed by atoms with Crippen molar-refractivity contribution in [3.05, 3.63) is 82.5 Å². The first kappa shape index (κ1) is 16.1. The Morgan fingerprint density at radius 2 is 1.83 bits per heavy atom. The van der Waals surface area contributed by atoms with Crippen molar-refractivity contribution in [3.63, 3.8) is 0 Å². The van der Waals surface area contributed by atoms with E-state index in [0.29, 0.717) is 4.88 Å². The molecule has 0 radical (unpaired) electrons. The molecule has 0 fully saturated rings. The number of carbonyl (C=O) groups excluding carboxylic acids is 1. The molecule has 0 unspecified atom stereocenters. The number of benzene rings is 2. The van der Waals surface area contributed by atoms with Gasteiger partial charge in [0, 0.05) is 4.88 Å². The molecule has 3 nitrogen and oxygen atoms in total. The number of carbonyl (C=O) groups is 1. The molecule has 120 valence electrons. The molecule has 3 aromatic rings. The minimum Gasteiger partial charge on any atom is -0.266 e. The van der Waals surface area contributed by atoms with Crippen LogP contribution in [-0.4, -0.2) is 12.1 Å². The van der Waals surface area contributed by atoms with Crippen LogP contribution in [0.5, 0.6) is 0 Å². The summed E-state index contributed by atoms with van der Waals surface area (Å²) in [5.41, 5.74) is 5.45. The normalized spacial score (nSPS) is 10.9. The summed E-state index contributed by atoms with van der Waals surface area (Å²) in [5, 5.41) is 4.00. The molecule has 1 heterocycles. The summed E-state index contributed by atoms with van der Waals surface area (Å²) in [6.45, 7) is 1.98. The van der Waals surface area contributed by atoms with Crippen LogP contribution in [-0.2, 0) is 0 Å². The van der Waals surface area contributed by atoms with Crippen LogP contribution in [0.15, 0.2) is 65.8 Å². The first-order valence-corrected chi connectivity index (χ1v) is 8.20. The number of amides is 1. The van der Waals surface area contributed by atoms with Crippen LogP contribution in [0.3, 0.4) is 0 Å². The Labute approximate surface area is 143 Å². The number of hydrogen-bond donors (Lipinski definition) is 1. The zero-order valence-electron chi connectivity index (χ0n) is 13.0. The van der Waals surface area contributed by atoms with E-state index in [0.717, 1.165) is 21.6 Å². The number of hydrogen-bond acceptors (Lipinski definition) is 3. The second kappa shape index (κ2) is 7.19. The maximum absolute atomic E-state index is 13.0. The quantitative estimate of drug-likeness (QED) is 0.547. The predicted octanol–water partition coefficient (Wildman–Crippen LogP) is 4.63. The number of rotatable bonds is 4. The van der Waals surface area contributed by atoms with Gasteiger partial charge in [0.2, 0.25) is 0 Å². The Bertz CT molecular complexity index is 884. The summed E-state index contributed by atoms with van der Waals surface area (Å²) in [6, 6.07) is 17.6. The van der Waals surface area contributed by atoms with E-state index in [1.54, 1.807) is 24.4 Å². The van der Waals surface area contributed by atoms with Gasteiger partial charge in [0.25, 0.3) is 5.91 Å². The molecular formula is C19H15FN2OS. The number of thiophene rings is 1. The maximum atomic E-state index is 13.0. The van der Waals surface area contributed by atoms with Crippen LogP contribution in [0.1, 0.15) is 20.8 Å². The molecule has 0 aliphatic rings.